The number of benzene rings is 3. The molecule has 4 bridgehead atoms. The first-order chi connectivity index (χ1) is 37.8. The number of nitrogens with zero attached hydrogens (tertiary/aromatic N) is 2. The van der Waals surface area contributed by atoms with Gasteiger partial charge in [-0.25, -0.2) is 4.98 Å². The molecule has 3 aliphatic rings. The molecule has 440 valence electrons. The average molecular weight is 1170 g/mol. The first kappa shape index (κ1) is 61.9. The number of nitrogens with one attached hydrogen (secondary N) is 2. The van der Waals surface area contributed by atoms with Gasteiger partial charge in [0.15, 0.2) is 22.4 Å². The van der Waals surface area contributed by atoms with Crippen LogP contribution in [0.15, 0.2) is 62.3 Å². The number of piperidine rings is 1. The third-order valence-electron chi connectivity index (χ3n) is 15.0. The van der Waals surface area contributed by atoms with Crippen LogP contribution in [0.4, 0.5) is 11.4 Å². The molecule has 4 heterocycles. The van der Waals surface area contributed by atoms with Gasteiger partial charge in [-0.05, 0) is 19.9 Å². The number of fused-ring (bicyclic) bond motifs is 2. The summed E-state index contributed by atoms with van der Waals surface area (Å²) in [7, 11) is -9.54. The predicted molar refractivity (Wildman–Crippen MR) is 292 cm³/mol. The van der Waals surface area contributed by atoms with E-state index in [1.807, 2.05) is 0 Å². The van der Waals surface area contributed by atoms with Crippen molar-refractivity contribution in [2.75, 3.05) is 30.4 Å². The largest absolute Gasteiger partial charge is 0.507 e. The molecular weight excluding hydrogens is 1110 g/mol. The van der Waals surface area contributed by atoms with Crippen molar-refractivity contribution in [3.05, 3.63) is 79.5 Å². The maximum absolute atomic E-state index is 15.0. The summed E-state index contributed by atoms with van der Waals surface area (Å²) < 4.78 is 59.0. The number of allylic oxidation sites excluding steroid dienone is 2. The van der Waals surface area contributed by atoms with Crippen LogP contribution in [0.2, 0.25) is 0 Å². The molecule has 0 radical (unpaired) electrons. The van der Waals surface area contributed by atoms with Gasteiger partial charge in [-0.15, -0.1) is 0 Å². The SMILES string of the molecule is CO[C@H]1/C=C/O[C@@]2(C)Oc3c(C)c(O)c4c(=O)c(c5oc6cc(N7CCC(OC(=O)CCC(=O)NC(P(=O)(O)O)P(=O)(O)O)CC7)cc(=O)c6nc5c4c3=C2O)NC(=O)/C(C)=C\C=C\[C@H](C)[C@H](O)[C@@H](C)[C@@H](O)[C@@H](C)[C@H](OC(C)=O)[C@@H]1C. The van der Waals surface area contributed by atoms with Crippen LogP contribution in [0.5, 0.6) is 11.5 Å². The number of methoxy groups -OCH3 is 1. The number of ether oxygens (including phenoxy) is 5. The molecular formula is C53H66N4O22P2. The topological polar surface area (TPSA) is 398 Å². The quantitative estimate of drug-likeness (QED) is 0.0469. The fourth-order valence-electron chi connectivity index (χ4n) is 10.3. The van der Waals surface area contributed by atoms with E-state index in [9.17, 15) is 77.9 Å². The van der Waals surface area contributed by atoms with Crippen molar-refractivity contribution in [3.8, 4) is 11.5 Å². The molecule has 2 amide bonds. The van der Waals surface area contributed by atoms with Crippen molar-refractivity contribution in [3.63, 3.8) is 0 Å². The first-order valence-corrected chi connectivity index (χ1v) is 29.1. The van der Waals surface area contributed by atoms with Crippen molar-refractivity contribution >= 4 is 89.1 Å². The third-order valence-corrected chi connectivity index (χ3v) is 18.3. The lowest BCUT2D eigenvalue weighted by atomic mass is 9.78. The Kier molecular flexibility index (Phi) is 18.3. The molecule has 0 aliphatic carbocycles. The summed E-state index contributed by atoms with van der Waals surface area (Å²) in [6.07, 6.45) is 1.42. The summed E-state index contributed by atoms with van der Waals surface area (Å²) in [5.74, 6) is -9.80. The van der Waals surface area contributed by atoms with E-state index in [-0.39, 0.29) is 75.6 Å². The molecule has 9 atom stereocenters. The number of hydrogen-bond donors (Lipinski definition) is 10. The predicted octanol–water partition coefficient (Wildman–Crippen LogP) is 3.61. The van der Waals surface area contributed by atoms with Crippen molar-refractivity contribution < 1.29 is 96.4 Å². The van der Waals surface area contributed by atoms with E-state index < -0.39 is 151 Å². The lowest BCUT2D eigenvalue weighted by molar-refractivity contribution is -0.160. The minimum atomic E-state index is -5.47. The van der Waals surface area contributed by atoms with Crippen molar-refractivity contribution in [2.45, 2.75) is 123 Å². The standard InChI is InChI=1S/C53H66N4O22P2/c1-23-11-10-12-24(2)51(67)56-42-46(65)38-37(39-48(28(6)45(38)64)79-53(8,50(39)66)75-20-17-33(74-9)25(3)47(76-29(7)58)27(5)44(63)26(4)43(23)62)41-49(42)78-34-22-30(21-32(59)40(34)55-41)57-18-15-31(16-19-57)77-36(61)14-13-35(60)54-52(80(68,69)70)81(71,72)73/h10-12,17,20-23,25-27,31,33,43-44,47,52,62-64,66H,13-16,18-19H2,1-9H3,(H,54,60)(H,56,67)(H2,68,69,70)(H2,71,72,73)/b11-10+,20-17+,24-12-/t23-,25+,26+,27+,33-,43-,44+,47+,53-/m0/s1. The molecule has 3 aromatic carbocycles. The van der Waals surface area contributed by atoms with Gasteiger partial charge in [-0.1, -0.05) is 45.9 Å². The lowest BCUT2D eigenvalue weighted by Gasteiger charge is -2.38. The summed E-state index contributed by atoms with van der Waals surface area (Å²) in [4.78, 5) is 124. The number of aromatic nitrogens is 1. The fraction of sp³-hybridized carbons (Fsp3) is 0.491. The van der Waals surface area contributed by atoms with E-state index >= 15 is 0 Å². The molecule has 28 heteroatoms. The average Bonchev–Trinajstić information content (AvgIpc) is 2.43. The second-order valence-corrected chi connectivity index (χ2v) is 24.6. The minimum absolute atomic E-state index is 0.0286. The van der Waals surface area contributed by atoms with Gasteiger partial charge >= 0.3 is 32.9 Å². The summed E-state index contributed by atoms with van der Waals surface area (Å²) in [6, 6.07) is 2.73. The van der Waals surface area contributed by atoms with Gasteiger partial charge in [0.1, 0.15) is 34.9 Å². The van der Waals surface area contributed by atoms with Crippen LogP contribution in [0.1, 0.15) is 79.7 Å². The summed E-state index contributed by atoms with van der Waals surface area (Å²) in [5, 5.41) is 50.6. The van der Waals surface area contributed by atoms with E-state index in [0.29, 0.717) is 5.69 Å². The second kappa shape index (κ2) is 24.0. The van der Waals surface area contributed by atoms with E-state index in [0.717, 1.165) is 0 Å². The maximum Gasteiger partial charge on any atom is 0.360 e. The Bertz CT molecular complexity index is 3520. The van der Waals surface area contributed by atoms with Crippen LogP contribution in [-0.2, 0) is 47.3 Å². The van der Waals surface area contributed by atoms with Crippen LogP contribution in [0, 0.1) is 30.6 Å². The third kappa shape index (κ3) is 12.8. The first-order valence-electron chi connectivity index (χ1n) is 25.8. The van der Waals surface area contributed by atoms with Crippen LogP contribution in [-0.4, -0.2) is 131 Å². The van der Waals surface area contributed by atoms with E-state index in [1.165, 1.54) is 71.4 Å². The van der Waals surface area contributed by atoms with Crippen LogP contribution < -0.4 is 36.3 Å². The monoisotopic (exact) mass is 1170 g/mol. The fourth-order valence-corrected chi connectivity index (χ4v) is 12.5. The van der Waals surface area contributed by atoms with Crippen molar-refractivity contribution in [1.82, 2.24) is 10.3 Å². The number of carbonyl (C=O) groups is 4. The number of esters is 2. The number of phenols is 1. The summed E-state index contributed by atoms with van der Waals surface area (Å²) >= 11 is 0. The van der Waals surface area contributed by atoms with E-state index in [4.69, 9.17) is 33.1 Å². The Morgan fingerprint density at radius 1 is 0.901 bits per heavy atom. The molecule has 1 fully saturated rings. The lowest BCUT2D eigenvalue weighted by Crippen LogP contribution is -2.46. The Balaban J connectivity index is 1.29. The number of aliphatic hydroxyl groups is 3. The molecule has 10 N–H and O–H groups in total. The molecule has 0 unspecified atom stereocenters. The number of anilines is 2. The van der Waals surface area contributed by atoms with Crippen LogP contribution >= 0.6 is 15.2 Å². The number of rotatable bonds is 10. The van der Waals surface area contributed by atoms with Gasteiger partial charge in [-0.2, -0.15) is 0 Å². The van der Waals surface area contributed by atoms with Gasteiger partial charge in [-0.3, -0.25) is 37.9 Å². The minimum Gasteiger partial charge on any atom is -0.507 e. The molecule has 0 spiro atoms. The number of carbonyl (C=O) groups excluding carboxylic acids is 4. The molecule has 7 rings (SSSR count). The van der Waals surface area contributed by atoms with E-state index in [1.54, 1.807) is 44.0 Å². The highest BCUT2D eigenvalue weighted by Gasteiger charge is 2.46. The number of aromatic hydroxyl groups is 1. The maximum atomic E-state index is 15.0. The second-order valence-electron chi connectivity index (χ2n) is 20.8. The Hall–Kier alpha value is -6.73. The smallest absolute Gasteiger partial charge is 0.360 e. The number of aliphatic hydroxyl groups excluding tert-OH is 3. The van der Waals surface area contributed by atoms with Crippen LogP contribution in [0.25, 0.3) is 38.7 Å². The van der Waals surface area contributed by atoms with Gasteiger partial charge in [0.05, 0.1) is 41.6 Å². The molecule has 1 aromatic heterocycles. The Morgan fingerprint density at radius 3 is 2.17 bits per heavy atom. The normalized spacial score (nSPS) is 26.9. The zero-order valence-corrected chi connectivity index (χ0v) is 47.4. The van der Waals surface area contributed by atoms with E-state index in [2.05, 4.69) is 5.32 Å². The molecule has 0 saturated carbocycles. The number of phenolic OH excluding ortho intramolecular Hbond substituents is 1. The molecule has 1 saturated heterocycles. The highest BCUT2D eigenvalue weighted by Crippen LogP contribution is 2.58. The molecule has 3 aliphatic heterocycles. The molecule has 26 nitrogen and oxygen atoms in total. The Labute approximate surface area is 462 Å². The van der Waals surface area contributed by atoms with Gasteiger partial charge < -0.3 is 83.6 Å². The highest BCUT2D eigenvalue weighted by atomic mass is 31.2. The Morgan fingerprint density at radius 2 is 1.56 bits per heavy atom. The van der Waals surface area contributed by atoms with Crippen LogP contribution in [0.3, 0.4) is 0 Å². The van der Waals surface area contributed by atoms with Gasteiger partial charge in [0.2, 0.25) is 22.3 Å². The van der Waals surface area contributed by atoms with Crippen molar-refractivity contribution in [1.29, 1.82) is 0 Å². The van der Waals surface area contributed by atoms with Crippen molar-refractivity contribution in [2.24, 2.45) is 23.7 Å². The molecule has 81 heavy (non-hydrogen) atoms. The number of hydrogen-bond acceptors (Lipinski definition) is 20. The zero-order valence-electron chi connectivity index (χ0n) is 45.6. The van der Waals surface area contributed by atoms with Gasteiger partial charge in [0, 0.05) is 111 Å². The van der Waals surface area contributed by atoms with Gasteiger partial charge in [0.25, 0.3) is 5.91 Å². The molecule has 4 aromatic rings. The highest BCUT2D eigenvalue weighted by molar-refractivity contribution is 7.70. The number of amides is 2. The summed E-state index contributed by atoms with van der Waals surface area (Å²) in [6.45, 7) is 12.6. The zero-order chi connectivity index (χ0) is 60.0. The summed E-state index contributed by atoms with van der Waals surface area (Å²) in [5.41, 5.74) is -5.72.